The van der Waals surface area contributed by atoms with Gasteiger partial charge in [-0.2, -0.15) is 0 Å². The normalized spacial score (nSPS) is 12.1. The summed E-state index contributed by atoms with van der Waals surface area (Å²) in [6, 6.07) is 8.60. The van der Waals surface area contributed by atoms with Gasteiger partial charge in [0.25, 0.3) is 0 Å². The predicted octanol–water partition coefficient (Wildman–Crippen LogP) is 0.614. The first kappa shape index (κ1) is 13.2. The van der Waals surface area contributed by atoms with E-state index in [4.69, 9.17) is 5.73 Å². The number of amides is 1. The molecule has 0 fully saturated rings. The van der Waals surface area contributed by atoms with Gasteiger partial charge in [0, 0.05) is 6.54 Å². The highest BCUT2D eigenvalue weighted by molar-refractivity contribution is 5.82. The average Bonchev–Trinajstić information content (AvgIpc) is 2.92. The second-order valence-corrected chi connectivity index (χ2v) is 4.14. The lowest BCUT2D eigenvalue weighted by molar-refractivity contribution is -0.122. The van der Waals surface area contributed by atoms with Crippen molar-refractivity contribution in [1.82, 2.24) is 20.1 Å². The highest BCUT2D eigenvalue weighted by atomic mass is 16.2. The Morgan fingerprint density at radius 2 is 2.16 bits per heavy atom. The first-order valence-electron chi connectivity index (χ1n) is 6.17. The quantitative estimate of drug-likeness (QED) is 0.824. The molecule has 1 atom stereocenters. The molecule has 0 bridgehead atoms. The van der Waals surface area contributed by atoms with E-state index in [1.165, 1.54) is 0 Å². The zero-order valence-electron chi connectivity index (χ0n) is 10.8. The monoisotopic (exact) mass is 259 g/mol. The summed E-state index contributed by atoms with van der Waals surface area (Å²) in [6.07, 6.45) is 1.64. The van der Waals surface area contributed by atoms with E-state index in [0.29, 0.717) is 6.54 Å². The Bertz CT molecular complexity index is 537. The third-order valence-electron chi connectivity index (χ3n) is 2.90. The minimum Gasteiger partial charge on any atom is -0.347 e. The summed E-state index contributed by atoms with van der Waals surface area (Å²) in [7, 11) is 0. The zero-order chi connectivity index (χ0) is 13.7. The number of nitrogens with zero attached hydrogens (tertiary/aromatic N) is 3. The Kier molecular flexibility index (Phi) is 4.25. The lowest BCUT2D eigenvalue weighted by Crippen LogP contribution is -2.34. The molecule has 1 aromatic heterocycles. The van der Waals surface area contributed by atoms with Crippen LogP contribution < -0.4 is 11.1 Å². The molecule has 0 aliphatic carbocycles. The molecule has 3 N–H and O–H groups in total. The minimum absolute atomic E-state index is 0.225. The molecule has 0 aliphatic rings. The molecule has 1 heterocycles. The largest absolute Gasteiger partial charge is 0.347 e. The molecule has 6 heteroatoms. The van der Waals surface area contributed by atoms with Crippen molar-refractivity contribution >= 4 is 5.91 Å². The number of hydrogen-bond donors (Lipinski definition) is 2. The van der Waals surface area contributed by atoms with Crippen LogP contribution in [-0.2, 0) is 17.9 Å². The van der Waals surface area contributed by atoms with E-state index in [1.54, 1.807) is 6.33 Å². The Labute approximate surface area is 111 Å². The number of carbonyl (C=O) groups excluding carboxylic acids is 1. The van der Waals surface area contributed by atoms with Crippen LogP contribution in [0.1, 0.15) is 24.4 Å². The fraction of sp³-hybridized carbons (Fsp3) is 0.308. The summed E-state index contributed by atoms with van der Waals surface area (Å²) in [5, 5.41) is 10.5. The molecule has 100 valence electrons. The fourth-order valence-electron chi connectivity index (χ4n) is 1.77. The third kappa shape index (κ3) is 3.17. The fourth-order valence-corrected chi connectivity index (χ4v) is 1.77. The number of nitrogens with one attached hydrogen (secondary N) is 1. The number of carbonyl (C=O) groups is 1. The average molecular weight is 259 g/mol. The summed E-state index contributed by atoms with van der Waals surface area (Å²) in [6.45, 7) is 3.08. The lowest BCUT2D eigenvalue weighted by Gasteiger charge is -2.12. The maximum absolute atomic E-state index is 11.9. The first-order valence-corrected chi connectivity index (χ1v) is 6.17. The first-order chi connectivity index (χ1) is 9.22. The molecule has 19 heavy (non-hydrogen) atoms. The molecular formula is C13H17N5O. The van der Waals surface area contributed by atoms with Crippen LogP contribution in [-0.4, -0.2) is 20.7 Å². The molecule has 2 aromatic rings. The van der Waals surface area contributed by atoms with Crippen LogP contribution in [0.15, 0.2) is 36.7 Å². The Balaban J connectivity index is 1.95. The van der Waals surface area contributed by atoms with Gasteiger partial charge in [-0.25, -0.2) is 0 Å². The van der Waals surface area contributed by atoms with E-state index in [-0.39, 0.29) is 5.91 Å². The van der Waals surface area contributed by atoms with Crippen molar-refractivity contribution in [3.8, 4) is 0 Å². The van der Waals surface area contributed by atoms with Crippen molar-refractivity contribution in [2.45, 2.75) is 26.1 Å². The van der Waals surface area contributed by atoms with E-state index in [1.807, 2.05) is 41.8 Å². The highest BCUT2D eigenvalue weighted by Crippen LogP contribution is 2.09. The zero-order valence-corrected chi connectivity index (χ0v) is 10.8. The van der Waals surface area contributed by atoms with Crippen LogP contribution in [0, 0.1) is 0 Å². The van der Waals surface area contributed by atoms with Crippen LogP contribution in [0.2, 0.25) is 0 Å². The van der Waals surface area contributed by atoms with Crippen molar-refractivity contribution in [3.63, 3.8) is 0 Å². The van der Waals surface area contributed by atoms with E-state index in [0.717, 1.165) is 17.9 Å². The third-order valence-corrected chi connectivity index (χ3v) is 2.90. The Morgan fingerprint density at radius 1 is 1.42 bits per heavy atom. The van der Waals surface area contributed by atoms with E-state index < -0.39 is 6.04 Å². The van der Waals surface area contributed by atoms with Crippen molar-refractivity contribution in [3.05, 3.63) is 48.0 Å². The number of aryl methyl sites for hydroxylation is 1. The van der Waals surface area contributed by atoms with Gasteiger partial charge in [-0.15, -0.1) is 10.2 Å². The molecule has 6 nitrogen and oxygen atoms in total. The van der Waals surface area contributed by atoms with Crippen LogP contribution >= 0.6 is 0 Å². The number of aromatic nitrogens is 3. The summed E-state index contributed by atoms with van der Waals surface area (Å²) in [5.41, 5.74) is 6.68. The van der Waals surface area contributed by atoms with Crippen molar-refractivity contribution in [2.75, 3.05) is 0 Å². The number of rotatable bonds is 5. The van der Waals surface area contributed by atoms with Gasteiger partial charge in [0.05, 0.1) is 6.54 Å². The second kappa shape index (κ2) is 6.10. The summed E-state index contributed by atoms with van der Waals surface area (Å²) < 4.78 is 1.87. The van der Waals surface area contributed by atoms with Gasteiger partial charge in [-0.1, -0.05) is 30.3 Å². The highest BCUT2D eigenvalue weighted by Gasteiger charge is 2.15. The van der Waals surface area contributed by atoms with Gasteiger partial charge >= 0.3 is 0 Å². The molecular weight excluding hydrogens is 242 g/mol. The molecule has 2 rings (SSSR count). The molecule has 1 amide bonds. The summed E-state index contributed by atoms with van der Waals surface area (Å²) in [5.74, 6) is 0.493. The van der Waals surface area contributed by atoms with Crippen molar-refractivity contribution in [2.24, 2.45) is 5.73 Å². The van der Waals surface area contributed by atoms with Gasteiger partial charge in [0.15, 0.2) is 5.82 Å². The van der Waals surface area contributed by atoms with Crippen molar-refractivity contribution < 1.29 is 4.79 Å². The van der Waals surface area contributed by atoms with E-state index in [2.05, 4.69) is 15.5 Å². The standard InChI is InChI=1S/C13H17N5O/c1-2-18-9-16-17-11(18)8-15-13(19)12(14)10-6-4-3-5-7-10/h3-7,9,12H,2,8,14H2,1H3,(H,15,19)/t12-/m0/s1. The van der Waals surface area contributed by atoms with Gasteiger partial charge < -0.3 is 15.6 Å². The van der Waals surface area contributed by atoms with Gasteiger partial charge in [-0.3, -0.25) is 4.79 Å². The molecule has 0 unspecified atom stereocenters. The Morgan fingerprint density at radius 3 is 2.84 bits per heavy atom. The van der Waals surface area contributed by atoms with Crippen molar-refractivity contribution in [1.29, 1.82) is 0 Å². The molecule has 0 radical (unpaired) electrons. The molecule has 1 aromatic carbocycles. The second-order valence-electron chi connectivity index (χ2n) is 4.14. The number of nitrogens with two attached hydrogens (primary N) is 1. The number of hydrogen-bond acceptors (Lipinski definition) is 4. The maximum Gasteiger partial charge on any atom is 0.241 e. The lowest BCUT2D eigenvalue weighted by atomic mass is 10.1. The Hall–Kier alpha value is -2.21. The van der Waals surface area contributed by atoms with Gasteiger partial charge in [-0.05, 0) is 12.5 Å². The summed E-state index contributed by atoms with van der Waals surface area (Å²) >= 11 is 0. The SMILES string of the molecule is CCn1cnnc1CNC(=O)[C@@H](N)c1ccccc1. The van der Waals surface area contributed by atoms with Crippen LogP contribution in [0.25, 0.3) is 0 Å². The summed E-state index contributed by atoms with van der Waals surface area (Å²) in [4.78, 5) is 11.9. The van der Waals surface area contributed by atoms with Crippen LogP contribution in [0.5, 0.6) is 0 Å². The van der Waals surface area contributed by atoms with Crippen LogP contribution in [0.4, 0.5) is 0 Å². The topological polar surface area (TPSA) is 85.8 Å². The minimum atomic E-state index is -0.667. The number of benzene rings is 1. The smallest absolute Gasteiger partial charge is 0.241 e. The molecule has 0 spiro atoms. The molecule has 0 aliphatic heterocycles. The molecule has 0 saturated heterocycles. The van der Waals surface area contributed by atoms with Gasteiger partial charge in [0.2, 0.25) is 5.91 Å². The van der Waals surface area contributed by atoms with Gasteiger partial charge in [0.1, 0.15) is 12.4 Å². The predicted molar refractivity (Wildman–Crippen MR) is 70.9 cm³/mol. The van der Waals surface area contributed by atoms with E-state index >= 15 is 0 Å². The molecule has 0 saturated carbocycles. The maximum atomic E-state index is 11.9. The van der Waals surface area contributed by atoms with E-state index in [9.17, 15) is 4.79 Å². The van der Waals surface area contributed by atoms with Crippen LogP contribution in [0.3, 0.4) is 0 Å².